The zero-order chi connectivity index (χ0) is 39.3. The van der Waals surface area contributed by atoms with Gasteiger partial charge in [0.05, 0.1) is 11.0 Å². The van der Waals surface area contributed by atoms with Crippen molar-refractivity contribution in [1.82, 2.24) is 19.5 Å². The number of imidazole rings is 1. The SMILES string of the molecule is c1ccc(C2c3ccccc3-c3cc(-c4nc5c6ccccc6c6ccccc6c5n4-c4ncc(-c5c6ccccc6cc6ccccc56)c5cccnc45)ccc32)cc1. The van der Waals surface area contributed by atoms with Gasteiger partial charge in [-0.2, -0.15) is 0 Å². The van der Waals surface area contributed by atoms with E-state index >= 15 is 0 Å². The van der Waals surface area contributed by atoms with Gasteiger partial charge in [0.1, 0.15) is 11.3 Å². The van der Waals surface area contributed by atoms with Crippen LogP contribution in [0.15, 0.2) is 200 Å². The summed E-state index contributed by atoms with van der Waals surface area (Å²) in [6.07, 6.45) is 3.96. The first-order valence-electron chi connectivity index (χ1n) is 20.6. The van der Waals surface area contributed by atoms with Crippen LogP contribution in [-0.4, -0.2) is 19.5 Å². The predicted molar refractivity (Wildman–Crippen MR) is 248 cm³/mol. The van der Waals surface area contributed by atoms with E-state index in [1.54, 1.807) is 0 Å². The molecule has 3 aromatic heterocycles. The van der Waals surface area contributed by atoms with Gasteiger partial charge in [-0.1, -0.05) is 170 Å². The molecule has 0 bridgehead atoms. The van der Waals surface area contributed by atoms with Crippen LogP contribution in [0.3, 0.4) is 0 Å². The summed E-state index contributed by atoms with van der Waals surface area (Å²) < 4.78 is 2.29. The zero-order valence-corrected chi connectivity index (χ0v) is 32.4. The average Bonchev–Trinajstić information content (AvgIpc) is 3.88. The molecule has 12 aromatic rings. The van der Waals surface area contributed by atoms with Crippen LogP contribution in [0, 0.1) is 0 Å². The van der Waals surface area contributed by atoms with Crippen LogP contribution < -0.4 is 0 Å². The second-order valence-corrected chi connectivity index (χ2v) is 15.9. The molecule has 1 atom stereocenters. The Balaban J connectivity index is 1.13. The maximum atomic E-state index is 5.66. The Kier molecular flexibility index (Phi) is 7.04. The van der Waals surface area contributed by atoms with Crippen LogP contribution >= 0.6 is 0 Å². The van der Waals surface area contributed by atoms with Crippen LogP contribution in [0.4, 0.5) is 0 Å². The Morgan fingerprint density at radius 2 is 1.03 bits per heavy atom. The van der Waals surface area contributed by atoms with Crippen LogP contribution in [0.1, 0.15) is 22.6 Å². The van der Waals surface area contributed by atoms with E-state index in [1.807, 2.05) is 12.3 Å². The third kappa shape index (κ3) is 4.70. The minimum Gasteiger partial charge on any atom is -0.274 e. The molecule has 0 spiro atoms. The molecule has 278 valence electrons. The number of fused-ring (bicyclic) bond motifs is 12. The normalized spacial score (nSPS) is 13.5. The van der Waals surface area contributed by atoms with Crippen molar-refractivity contribution in [3.05, 3.63) is 217 Å². The minimum absolute atomic E-state index is 0.158. The van der Waals surface area contributed by atoms with Gasteiger partial charge in [0, 0.05) is 45.6 Å². The van der Waals surface area contributed by atoms with Crippen molar-refractivity contribution in [3.8, 4) is 39.5 Å². The first-order chi connectivity index (χ1) is 29.8. The number of hydrogen-bond donors (Lipinski definition) is 0. The van der Waals surface area contributed by atoms with Crippen molar-refractivity contribution in [1.29, 1.82) is 0 Å². The lowest BCUT2D eigenvalue weighted by Gasteiger charge is -2.17. The largest absolute Gasteiger partial charge is 0.274 e. The lowest BCUT2D eigenvalue weighted by atomic mass is 9.89. The third-order valence-electron chi connectivity index (χ3n) is 12.7. The highest BCUT2D eigenvalue weighted by Crippen LogP contribution is 2.50. The number of aromatic nitrogens is 4. The Morgan fingerprint density at radius 1 is 0.417 bits per heavy atom. The quantitative estimate of drug-likeness (QED) is 0.132. The highest BCUT2D eigenvalue weighted by atomic mass is 15.1. The van der Waals surface area contributed by atoms with Crippen molar-refractivity contribution >= 4 is 65.0 Å². The predicted octanol–water partition coefficient (Wildman–Crippen LogP) is 14.1. The second kappa shape index (κ2) is 12.8. The summed E-state index contributed by atoms with van der Waals surface area (Å²) >= 11 is 0. The lowest BCUT2D eigenvalue weighted by molar-refractivity contribution is 1.01. The van der Waals surface area contributed by atoms with E-state index in [0.717, 1.165) is 61.0 Å². The highest BCUT2D eigenvalue weighted by molar-refractivity contribution is 6.24. The maximum absolute atomic E-state index is 5.66. The maximum Gasteiger partial charge on any atom is 0.165 e. The van der Waals surface area contributed by atoms with Gasteiger partial charge in [0.15, 0.2) is 5.82 Å². The van der Waals surface area contributed by atoms with Crippen LogP contribution in [0.5, 0.6) is 0 Å². The summed E-state index contributed by atoms with van der Waals surface area (Å²) in [4.78, 5) is 16.3. The summed E-state index contributed by atoms with van der Waals surface area (Å²) in [5, 5.41) is 10.4. The van der Waals surface area contributed by atoms with Gasteiger partial charge in [-0.3, -0.25) is 9.55 Å². The molecule has 0 amide bonds. The Morgan fingerprint density at radius 3 is 1.82 bits per heavy atom. The fourth-order valence-corrected chi connectivity index (χ4v) is 10.2. The standard InChI is InChI=1S/C56H34N4/c1-2-15-34(16-3-1)50-43-24-11-8-23-42(43)48-32-37(28-29-44(48)50)55-59-52-45-25-12-9-21-40(45)41-22-10-13-26-47(41)54(52)60(55)56-53-46(27-14-30-57-53)49(33-58-56)51-38-19-6-4-17-35(38)31-36-18-5-7-20-39(36)51/h1-33,50H. The van der Waals surface area contributed by atoms with Gasteiger partial charge < -0.3 is 0 Å². The van der Waals surface area contributed by atoms with Crippen molar-refractivity contribution in [2.45, 2.75) is 5.92 Å². The first kappa shape index (κ1) is 33.1. The van der Waals surface area contributed by atoms with E-state index in [0.29, 0.717) is 0 Å². The summed E-state index contributed by atoms with van der Waals surface area (Å²) in [7, 11) is 0. The number of pyridine rings is 2. The second-order valence-electron chi connectivity index (χ2n) is 15.9. The topological polar surface area (TPSA) is 43.6 Å². The van der Waals surface area contributed by atoms with Crippen LogP contribution in [-0.2, 0) is 0 Å². The molecule has 9 aromatic carbocycles. The van der Waals surface area contributed by atoms with Gasteiger partial charge in [-0.05, 0) is 83.9 Å². The monoisotopic (exact) mass is 762 g/mol. The molecule has 0 saturated heterocycles. The molecule has 1 unspecified atom stereocenters. The summed E-state index contributed by atoms with van der Waals surface area (Å²) in [6.45, 7) is 0. The molecule has 60 heavy (non-hydrogen) atoms. The zero-order valence-electron chi connectivity index (χ0n) is 32.4. The van der Waals surface area contributed by atoms with Crippen molar-refractivity contribution in [3.63, 3.8) is 0 Å². The molecule has 4 nitrogen and oxygen atoms in total. The smallest absolute Gasteiger partial charge is 0.165 e. The summed E-state index contributed by atoms with van der Waals surface area (Å²) in [5.41, 5.74) is 12.5. The van der Waals surface area contributed by atoms with E-state index < -0.39 is 0 Å². The van der Waals surface area contributed by atoms with E-state index in [-0.39, 0.29) is 5.92 Å². The molecule has 0 N–H and O–H groups in total. The molecule has 0 radical (unpaired) electrons. The Bertz CT molecular complexity index is 3680. The molecular formula is C56H34N4. The lowest BCUT2D eigenvalue weighted by Crippen LogP contribution is -2.04. The number of hydrogen-bond acceptors (Lipinski definition) is 3. The van der Waals surface area contributed by atoms with E-state index in [2.05, 4.69) is 193 Å². The van der Waals surface area contributed by atoms with Gasteiger partial charge in [-0.25, -0.2) is 9.97 Å². The minimum atomic E-state index is 0.158. The van der Waals surface area contributed by atoms with E-state index in [4.69, 9.17) is 15.0 Å². The number of rotatable bonds is 4. The fourth-order valence-electron chi connectivity index (χ4n) is 10.2. The molecule has 1 aliphatic carbocycles. The van der Waals surface area contributed by atoms with Crippen molar-refractivity contribution in [2.75, 3.05) is 0 Å². The molecule has 0 saturated carbocycles. The highest BCUT2D eigenvalue weighted by Gasteiger charge is 2.31. The molecule has 3 heterocycles. The van der Waals surface area contributed by atoms with Gasteiger partial charge in [0.2, 0.25) is 0 Å². The molecular weight excluding hydrogens is 729 g/mol. The summed E-state index contributed by atoms with van der Waals surface area (Å²) in [6, 6.07) is 67.8. The Labute approximate surface area is 345 Å². The van der Waals surface area contributed by atoms with Gasteiger partial charge in [0.25, 0.3) is 0 Å². The van der Waals surface area contributed by atoms with Crippen molar-refractivity contribution in [2.24, 2.45) is 0 Å². The van der Waals surface area contributed by atoms with E-state index in [9.17, 15) is 0 Å². The molecule has 0 fully saturated rings. The Hall–Kier alpha value is -7.95. The van der Waals surface area contributed by atoms with Crippen LogP contribution in [0.25, 0.3) is 104 Å². The number of nitrogens with zero attached hydrogens (tertiary/aromatic N) is 4. The van der Waals surface area contributed by atoms with E-state index in [1.165, 1.54) is 60.1 Å². The molecule has 0 aliphatic heterocycles. The molecule has 1 aliphatic rings. The molecule has 4 heteroatoms. The fraction of sp³-hybridized carbons (Fsp3) is 0.0179. The third-order valence-corrected chi connectivity index (χ3v) is 12.7. The number of benzene rings is 9. The summed E-state index contributed by atoms with van der Waals surface area (Å²) in [5.74, 6) is 1.74. The van der Waals surface area contributed by atoms with Gasteiger partial charge in [-0.15, -0.1) is 0 Å². The average molecular weight is 763 g/mol. The first-order valence-corrected chi connectivity index (χ1v) is 20.6. The van der Waals surface area contributed by atoms with Crippen LogP contribution in [0.2, 0.25) is 0 Å². The van der Waals surface area contributed by atoms with Gasteiger partial charge >= 0.3 is 0 Å². The van der Waals surface area contributed by atoms with Crippen molar-refractivity contribution < 1.29 is 0 Å². The molecule has 13 rings (SSSR count).